The van der Waals surface area contributed by atoms with Gasteiger partial charge in [0.1, 0.15) is 0 Å². The Balaban J connectivity index is 0.00000106. The summed E-state index contributed by atoms with van der Waals surface area (Å²) in [6.45, 7) is 5.89. The topological polar surface area (TPSA) is 26.3 Å². The van der Waals surface area contributed by atoms with Gasteiger partial charge in [-0.2, -0.15) is 0 Å². The van der Waals surface area contributed by atoms with E-state index in [4.69, 9.17) is 0 Å². The van der Waals surface area contributed by atoms with Crippen molar-refractivity contribution in [2.75, 3.05) is 0 Å². The van der Waals surface area contributed by atoms with E-state index in [2.05, 4.69) is 4.94 Å². The second kappa shape index (κ2) is 8.89. The number of rotatable bonds is 4. The van der Waals surface area contributed by atoms with Crippen LogP contribution in [0.15, 0.2) is 30.3 Å². The molecular weight excluding hydrogens is 207 g/mol. The fourth-order valence-corrected chi connectivity index (χ4v) is 1.40. The van der Waals surface area contributed by atoms with Gasteiger partial charge in [-0.05, 0) is 17.9 Å². The van der Waals surface area contributed by atoms with E-state index in [1.165, 1.54) is 0 Å². The van der Waals surface area contributed by atoms with Gasteiger partial charge < -0.3 is 0 Å². The molecule has 0 aliphatic rings. The van der Waals surface area contributed by atoms with Crippen LogP contribution in [0.5, 0.6) is 0 Å². The second-order valence-electron chi connectivity index (χ2n) is 3.45. The van der Waals surface area contributed by atoms with Gasteiger partial charge in [0.15, 0.2) is 0 Å². The van der Waals surface area contributed by atoms with Gasteiger partial charge in [0.2, 0.25) is 0 Å². The monoisotopic (exact) mass is 226 g/mol. The lowest BCUT2D eigenvalue weighted by Crippen LogP contribution is -2.08. The van der Waals surface area contributed by atoms with Crippen molar-refractivity contribution < 1.29 is 14.3 Å². The van der Waals surface area contributed by atoms with Crippen molar-refractivity contribution in [2.24, 2.45) is 5.92 Å². The van der Waals surface area contributed by atoms with Gasteiger partial charge in [-0.15, -0.1) is 0 Å². The zero-order valence-electron chi connectivity index (χ0n) is 10.1. The van der Waals surface area contributed by atoms with Crippen molar-refractivity contribution in [3.8, 4) is 0 Å². The molecule has 1 aromatic carbocycles. The van der Waals surface area contributed by atoms with Crippen molar-refractivity contribution in [2.45, 2.75) is 33.6 Å². The average Bonchev–Trinajstić information content (AvgIpc) is 2.32. The van der Waals surface area contributed by atoms with Crippen LogP contribution in [0.1, 0.15) is 32.8 Å². The lowest BCUT2D eigenvalue weighted by Gasteiger charge is -2.07. The van der Waals surface area contributed by atoms with E-state index in [0.717, 1.165) is 12.0 Å². The van der Waals surface area contributed by atoms with Gasteiger partial charge in [-0.1, -0.05) is 51.1 Å². The predicted molar refractivity (Wildman–Crippen MR) is 62.5 cm³/mol. The standard InChI is InChI=1S/C11H13FO2.C2H6/c1-9(8-11(13)14-12)7-10-5-3-2-4-6-10;1-2/h2-6,9H,7-8H2,1H3;1-2H3. The molecule has 0 amide bonds. The minimum Gasteiger partial charge on any atom is -0.255 e. The molecule has 0 spiro atoms. The largest absolute Gasteiger partial charge is 0.349 e. The molecule has 0 saturated heterocycles. The molecular formula is C13H19FO2. The molecule has 0 heterocycles. The Hall–Kier alpha value is -1.38. The minimum atomic E-state index is -0.798. The SMILES string of the molecule is CC.CC(CC(=O)OF)Cc1ccccc1. The highest BCUT2D eigenvalue weighted by Gasteiger charge is 2.11. The molecule has 0 aromatic heterocycles. The van der Waals surface area contributed by atoms with Crippen LogP contribution in [0.2, 0.25) is 0 Å². The summed E-state index contributed by atoms with van der Waals surface area (Å²) >= 11 is 0. The Morgan fingerprint density at radius 1 is 1.31 bits per heavy atom. The van der Waals surface area contributed by atoms with Crippen LogP contribution in [0.3, 0.4) is 0 Å². The Kier molecular flexibility index (Phi) is 8.12. The number of carbonyl (C=O) groups excluding carboxylic acids is 1. The fraction of sp³-hybridized carbons (Fsp3) is 0.462. The van der Waals surface area contributed by atoms with Crippen molar-refractivity contribution in [1.29, 1.82) is 0 Å². The van der Waals surface area contributed by atoms with Gasteiger partial charge in [0.25, 0.3) is 0 Å². The Morgan fingerprint density at radius 3 is 2.38 bits per heavy atom. The predicted octanol–water partition coefficient (Wildman–Crippen LogP) is 3.71. The molecule has 90 valence electrons. The molecule has 16 heavy (non-hydrogen) atoms. The first kappa shape index (κ1) is 14.6. The molecule has 0 radical (unpaired) electrons. The van der Waals surface area contributed by atoms with Crippen LogP contribution in [-0.4, -0.2) is 5.97 Å². The van der Waals surface area contributed by atoms with E-state index < -0.39 is 5.97 Å². The van der Waals surface area contributed by atoms with Crippen molar-refractivity contribution >= 4 is 5.97 Å². The average molecular weight is 226 g/mol. The maximum Gasteiger partial charge on any atom is 0.349 e. The number of carbonyl (C=O) groups is 1. The highest BCUT2D eigenvalue weighted by Crippen LogP contribution is 2.12. The molecule has 0 saturated carbocycles. The lowest BCUT2D eigenvalue weighted by atomic mass is 9.98. The third kappa shape index (κ3) is 6.17. The highest BCUT2D eigenvalue weighted by molar-refractivity contribution is 5.68. The normalized spacial score (nSPS) is 11.0. The molecule has 0 bridgehead atoms. The van der Waals surface area contributed by atoms with Gasteiger partial charge >= 0.3 is 5.97 Å². The molecule has 1 rings (SSSR count). The van der Waals surface area contributed by atoms with Gasteiger partial charge in [0, 0.05) is 4.53 Å². The van der Waals surface area contributed by atoms with Gasteiger partial charge in [-0.3, -0.25) is 4.94 Å². The van der Waals surface area contributed by atoms with E-state index in [1.807, 2.05) is 51.1 Å². The number of benzene rings is 1. The Bertz CT molecular complexity index is 285. The summed E-state index contributed by atoms with van der Waals surface area (Å²) in [5, 5.41) is 0. The van der Waals surface area contributed by atoms with Crippen molar-refractivity contribution in [3.63, 3.8) is 0 Å². The Labute approximate surface area is 96.3 Å². The molecule has 0 aliphatic heterocycles. The number of hydrogen-bond donors (Lipinski definition) is 0. The van der Waals surface area contributed by atoms with Gasteiger partial charge in [-0.25, -0.2) is 4.79 Å². The molecule has 1 aromatic rings. The summed E-state index contributed by atoms with van der Waals surface area (Å²) in [4.78, 5) is 13.7. The summed E-state index contributed by atoms with van der Waals surface area (Å²) in [5.74, 6) is -0.700. The van der Waals surface area contributed by atoms with Crippen molar-refractivity contribution in [1.82, 2.24) is 0 Å². The van der Waals surface area contributed by atoms with Gasteiger partial charge in [0.05, 0.1) is 6.42 Å². The third-order valence-electron chi connectivity index (χ3n) is 2.03. The van der Waals surface area contributed by atoms with Crippen LogP contribution in [0, 0.1) is 5.92 Å². The smallest absolute Gasteiger partial charge is 0.255 e. The fourth-order valence-electron chi connectivity index (χ4n) is 1.40. The summed E-state index contributed by atoms with van der Waals surface area (Å²) in [5.41, 5.74) is 1.15. The highest BCUT2D eigenvalue weighted by atomic mass is 19.3. The third-order valence-corrected chi connectivity index (χ3v) is 2.03. The number of halogens is 1. The maximum absolute atomic E-state index is 11.4. The van der Waals surface area contributed by atoms with Crippen LogP contribution < -0.4 is 0 Å². The maximum atomic E-state index is 11.4. The van der Waals surface area contributed by atoms with Crippen LogP contribution >= 0.6 is 0 Å². The zero-order valence-corrected chi connectivity index (χ0v) is 10.1. The minimum absolute atomic E-state index is 0.0978. The van der Waals surface area contributed by atoms with E-state index >= 15 is 0 Å². The lowest BCUT2D eigenvalue weighted by molar-refractivity contribution is -0.184. The molecule has 0 fully saturated rings. The van der Waals surface area contributed by atoms with Crippen LogP contribution in [-0.2, 0) is 16.2 Å². The van der Waals surface area contributed by atoms with E-state index in [9.17, 15) is 9.32 Å². The quantitative estimate of drug-likeness (QED) is 0.782. The zero-order chi connectivity index (χ0) is 12.4. The number of hydrogen-bond acceptors (Lipinski definition) is 2. The summed E-state index contributed by atoms with van der Waals surface area (Å²) in [7, 11) is 0. The van der Waals surface area contributed by atoms with E-state index in [-0.39, 0.29) is 12.3 Å². The molecule has 0 aliphatic carbocycles. The summed E-state index contributed by atoms with van der Waals surface area (Å²) in [6.07, 6.45) is 0.876. The van der Waals surface area contributed by atoms with E-state index in [0.29, 0.717) is 0 Å². The first-order valence-corrected chi connectivity index (χ1v) is 5.57. The molecule has 0 N–H and O–H groups in total. The summed E-state index contributed by atoms with van der Waals surface area (Å²) < 4.78 is 11.4. The van der Waals surface area contributed by atoms with Crippen molar-refractivity contribution in [3.05, 3.63) is 35.9 Å². The summed E-state index contributed by atoms with van der Waals surface area (Å²) in [6, 6.07) is 9.78. The first-order valence-electron chi connectivity index (χ1n) is 5.57. The second-order valence-corrected chi connectivity index (χ2v) is 3.45. The molecule has 1 atom stereocenters. The van der Waals surface area contributed by atoms with Crippen LogP contribution in [0.25, 0.3) is 0 Å². The van der Waals surface area contributed by atoms with Crippen LogP contribution in [0.4, 0.5) is 4.53 Å². The molecule has 1 unspecified atom stereocenters. The molecule has 2 nitrogen and oxygen atoms in total. The Morgan fingerprint density at radius 2 is 1.88 bits per heavy atom. The van der Waals surface area contributed by atoms with E-state index in [1.54, 1.807) is 0 Å². The molecule has 3 heteroatoms. The first-order chi connectivity index (χ1) is 7.72.